The van der Waals surface area contributed by atoms with E-state index < -0.39 is 0 Å². The minimum atomic E-state index is 0.705. The third kappa shape index (κ3) is 2.04. The minimum Gasteiger partial charge on any atom is -0.353 e. The van der Waals surface area contributed by atoms with E-state index in [9.17, 15) is 0 Å². The Labute approximate surface area is 94.1 Å². The van der Waals surface area contributed by atoms with Gasteiger partial charge in [-0.25, -0.2) is 0 Å². The van der Waals surface area contributed by atoms with Gasteiger partial charge in [-0.05, 0) is 30.7 Å². The van der Waals surface area contributed by atoms with Crippen LogP contribution in [0.25, 0.3) is 0 Å². The van der Waals surface area contributed by atoms with Gasteiger partial charge < -0.3 is 5.32 Å². The molecule has 1 N–H and O–H groups in total. The zero-order valence-electron chi connectivity index (χ0n) is 9.23. The van der Waals surface area contributed by atoms with Crippen LogP contribution in [0.2, 0.25) is 0 Å². The van der Waals surface area contributed by atoms with Crippen LogP contribution in [0, 0.1) is 18.3 Å². The number of anilines is 2. The van der Waals surface area contributed by atoms with Gasteiger partial charge in [-0.15, -0.1) is 0 Å². The molecule has 0 aliphatic carbocycles. The van der Waals surface area contributed by atoms with E-state index >= 15 is 0 Å². The van der Waals surface area contributed by atoms with Crippen LogP contribution in [0.5, 0.6) is 0 Å². The Bertz CT molecular complexity index is 548. The number of nitriles is 1. The van der Waals surface area contributed by atoms with E-state index in [1.54, 1.807) is 10.9 Å². The van der Waals surface area contributed by atoms with Crippen molar-refractivity contribution in [3.05, 3.63) is 41.7 Å². The number of benzene rings is 1. The Kier molecular flexibility index (Phi) is 2.61. The van der Waals surface area contributed by atoms with Gasteiger partial charge >= 0.3 is 0 Å². The van der Waals surface area contributed by atoms with Crippen LogP contribution in [-0.2, 0) is 7.05 Å². The Hall–Kier alpha value is -2.28. The van der Waals surface area contributed by atoms with Gasteiger partial charge in [-0.1, -0.05) is 0 Å². The first-order valence-electron chi connectivity index (χ1n) is 4.95. The Morgan fingerprint density at radius 1 is 1.38 bits per heavy atom. The van der Waals surface area contributed by atoms with Crippen molar-refractivity contribution in [2.45, 2.75) is 6.92 Å². The highest BCUT2D eigenvalue weighted by atomic mass is 15.3. The molecule has 0 aliphatic rings. The lowest BCUT2D eigenvalue weighted by Gasteiger charge is -2.05. The first-order valence-corrected chi connectivity index (χ1v) is 4.95. The molecule has 16 heavy (non-hydrogen) atoms. The summed E-state index contributed by atoms with van der Waals surface area (Å²) < 4.78 is 1.73. The van der Waals surface area contributed by atoms with Crippen LogP contribution < -0.4 is 5.32 Å². The molecule has 0 aliphatic heterocycles. The van der Waals surface area contributed by atoms with Gasteiger partial charge in [-0.3, -0.25) is 4.68 Å². The molecule has 0 fully saturated rings. The van der Waals surface area contributed by atoms with Crippen LogP contribution in [0.4, 0.5) is 11.4 Å². The predicted octanol–water partition coefficient (Wildman–Crippen LogP) is 2.34. The smallest absolute Gasteiger partial charge is 0.0994 e. The maximum atomic E-state index is 8.82. The molecule has 1 aromatic carbocycles. The zero-order chi connectivity index (χ0) is 11.5. The molecule has 4 heteroatoms. The average Bonchev–Trinajstić information content (AvgIpc) is 2.64. The lowest BCUT2D eigenvalue weighted by molar-refractivity contribution is 0.768. The zero-order valence-corrected chi connectivity index (χ0v) is 9.23. The van der Waals surface area contributed by atoms with Crippen molar-refractivity contribution in [3.8, 4) is 6.07 Å². The lowest BCUT2D eigenvalue weighted by atomic mass is 10.1. The molecule has 80 valence electrons. The van der Waals surface area contributed by atoms with E-state index in [4.69, 9.17) is 5.26 Å². The quantitative estimate of drug-likeness (QED) is 0.831. The molecule has 0 unspecified atom stereocenters. The first kappa shape index (κ1) is 10.2. The molecule has 0 saturated heterocycles. The largest absolute Gasteiger partial charge is 0.353 e. The molecule has 4 nitrogen and oxygen atoms in total. The predicted molar refractivity (Wildman–Crippen MR) is 62.4 cm³/mol. The molecule has 0 atom stereocenters. The number of hydrogen-bond acceptors (Lipinski definition) is 3. The topological polar surface area (TPSA) is 53.6 Å². The van der Waals surface area contributed by atoms with Gasteiger partial charge in [0.25, 0.3) is 0 Å². The van der Waals surface area contributed by atoms with Crippen molar-refractivity contribution in [3.63, 3.8) is 0 Å². The summed E-state index contributed by atoms with van der Waals surface area (Å²) in [5.74, 6) is 0. The maximum absolute atomic E-state index is 8.82. The van der Waals surface area contributed by atoms with Crippen LogP contribution in [0.1, 0.15) is 11.1 Å². The van der Waals surface area contributed by atoms with Crippen LogP contribution in [0.15, 0.2) is 30.6 Å². The van der Waals surface area contributed by atoms with Gasteiger partial charge in [0, 0.05) is 18.9 Å². The van der Waals surface area contributed by atoms with Crippen molar-refractivity contribution >= 4 is 11.4 Å². The standard InChI is InChI=1S/C12H12N4/c1-9-5-11(4-3-10(9)6-13)15-12-7-14-16(2)8-12/h3-5,7-8,15H,1-2H3. The number of aryl methyl sites for hydroxylation is 2. The molecule has 0 saturated carbocycles. The lowest BCUT2D eigenvalue weighted by Crippen LogP contribution is -1.91. The second-order valence-electron chi connectivity index (χ2n) is 3.67. The van der Waals surface area contributed by atoms with Gasteiger partial charge in [-0.2, -0.15) is 10.4 Å². The molecule has 0 amide bonds. The fraction of sp³-hybridized carbons (Fsp3) is 0.167. The number of nitrogens with one attached hydrogen (secondary N) is 1. The molecule has 1 heterocycles. The third-order valence-corrected chi connectivity index (χ3v) is 2.34. The Morgan fingerprint density at radius 2 is 2.19 bits per heavy atom. The van der Waals surface area contributed by atoms with Crippen molar-refractivity contribution < 1.29 is 0 Å². The monoisotopic (exact) mass is 212 g/mol. The van der Waals surface area contributed by atoms with Crippen molar-refractivity contribution in [2.24, 2.45) is 7.05 Å². The molecular weight excluding hydrogens is 200 g/mol. The summed E-state index contributed by atoms with van der Waals surface area (Å²) >= 11 is 0. The first-order chi connectivity index (χ1) is 7.69. The highest BCUT2D eigenvalue weighted by molar-refractivity contribution is 5.60. The van der Waals surface area contributed by atoms with Gasteiger partial charge in [0.1, 0.15) is 0 Å². The van der Waals surface area contributed by atoms with E-state index in [0.717, 1.165) is 16.9 Å². The average molecular weight is 212 g/mol. The summed E-state index contributed by atoms with van der Waals surface area (Å²) in [7, 11) is 1.87. The number of hydrogen-bond donors (Lipinski definition) is 1. The summed E-state index contributed by atoms with van der Waals surface area (Å²) in [5, 5.41) is 16.1. The van der Waals surface area contributed by atoms with Gasteiger partial charge in [0.05, 0.1) is 23.5 Å². The highest BCUT2D eigenvalue weighted by Gasteiger charge is 2.00. The molecular formula is C12H12N4. The molecule has 1 aromatic heterocycles. The summed E-state index contributed by atoms with van der Waals surface area (Å²) in [4.78, 5) is 0. The summed E-state index contributed by atoms with van der Waals surface area (Å²) in [6, 6.07) is 7.80. The Balaban J connectivity index is 2.23. The molecule has 2 aromatic rings. The number of rotatable bonds is 2. The second kappa shape index (κ2) is 4.07. The summed E-state index contributed by atoms with van der Waals surface area (Å²) in [6.45, 7) is 1.92. The molecule has 0 radical (unpaired) electrons. The second-order valence-corrected chi connectivity index (χ2v) is 3.67. The van der Waals surface area contributed by atoms with Gasteiger partial charge in [0.2, 0.25) is 0 Å². The minimum absolute atomic E-state index is 0.705. The highest BCUT2D eigenvalue weighted by Crippen LogP contribution is 2.18. The summed E-state index contributed by atoms with van der Waals surface area (Å²) in [5.41, 5.74) is 3.57. The maximum Gasteiger partial charge on any atom is 0.0994 e. The fourth-order valence-corrected chi connectivity index (χ4v) is 1.52. The van der Waals surface area contributed by atoms with Gasteiger partial charge in [0.15, 0.2) is 0 Å². The normalized spacial score (nSPS) is 9.81. The fourth-order valence-electron chi connectivity index (χ4n) is 1.52. The van der Waals surface area contributed by atoms with E-state index in [0.29, 0.717) is 5.56 Å². The van der Waals surface area contributed by atoms with Crippen molar-refractivity contribution in [1.29, 1.82) is 5.26 Å². The SMILES string of the molecule is Cc1cc(Nc2cnn(C)c2)ccc1C#N. The van der Waals surface area contributed by atoms with E-state index in [2.05, 4.69) is 16.5 Å². The molecule has 0 bridgehead atoms. The van der Waals surface area contributed by atoms with E-state index in [1.165, 1.54) is 0 Å². The Morgan fingerprint density at radius 3 is 2.75 bits per heavy atom. The molecule has 0 spiro atoms. The van der Waals surface area contributed by atoms with Crippen molar-refractivity contribution in [2.75, 3.05) is 5.32 Å². The number of aromatic nitrogens is 2. The summed E-state index contributed by atoms with van der Waals surface area (Å²) in [6.07, 6.45) is 3.65. The third-order valence-electron chi connectivity index (χ3n) is 2.34. The van der Waals surface area contributed by atoms with E-state index in [1.807, 2.05) is 38.4 Å². The number of nitrogens with zero attached hydrogens (tertiary/aromatic N) is 3. The van der Waals surface area contributed by atoms with Crippen molar-refractivity contribution in [1.82, 2.24) is 9.78 Å². The van der Waals surface area contributed by atoms with Crippen LogP contribution >= 0.6 is 0 Å². The van der Waals surface area contributed by atoms with Crippen LogP contribution in [0.3, 0.4) is 0 Å². The molecule has 2 rings (SSSR count). The van der Waals surface area contributed by atoms with Crippen LogP contribution in [-0.4, -0.2) is 9.78 Å². The van der Waals surface area contributed by atoms with E-state index in [-0.39, 0.29) is 0 Å².